The standard InChI is InChI=1S/C24H30N2O6S/c1-24(17-25-29,33(2,30)31)12-14-26-13-11-20(15-23(26)28)19-6-3-18(4-7-19)5-8-21-9-10-22(16-27)32-21/h3-4,6-7,9-11,13,15,25,27,29H,5,8,12,14,16-17H2,1-2H3. The SMILES string of the molecule is CC(CCn1ccc(-c2ccc(CCc3ccc(CO)o3)cc2)cc1=O)(CNO)S(C)(=O)=O. The molecule has 1 unspecified atom stereocenters. The van der Waals surface area contributed by atoms with Crippen molar-refractivity contribution in [2.75, 3.05) is 12.8 Å². The summed E-state index contributed by atoms with van der Waals surface area (Å²) < 4.78 is 30.0. The van der Waals surface area contributed by atoms with Gasteiger partial charge in [-0.3, -0.25) is 4.79 Å². The molecule has 3 N–H and O–H groups in total. The Balaban J connectivity index is 1.66. The van der Waals surface area contributed by atoms with Gasteiger partial charge in [0.15, 0.2) is 9.84 Å². The number of aromatic nitrogens is 1. The fourth-order valence-electron chi connectivity index (χ4n) is 3.57. The number of aliphatic hydroxyl groups excluding tert-OH is 1. The van der Waals surface area contributed by atoms with E-state index in [-0.39, 0.29) is 31.7 Å². The molecule has 2 aromatic heterocycles. The minimum Gasteiger partial charge on any atom is -0.464 e. The number of hydroxylamine groups is 1. The Morgan fingerprint density at radius 2 is 1.73 bits per heavy atom. The van der Waals surface area contributed by atoms with Crippen molar-refractivity contribution in [3.63, 3.8) is 0 Å². The van der Waals surface area contributed by atoms with Gasteiger partial charge in [-0.1, -0.05) is 24.3 Å². The number of hydrogen-bond acceptors (Lipinski definition) is 7. The van der Waals surface area contributed by atoms with Crippen molar-refractivity contribution in [3.05, 3.63) is 82.2 Å². The van der Waals surface area contributed by atoms with Crippen LogP contribution >= 0.6 is 0 Å². The van der Waals surface area contributed by atoms with E-state index < -0.39 is 14.6 Å². The van der Waals surface area contributed by atoms with Crippen molar-refractivity contribution in [2.24, 2.45) is 0 Å². The van der Waals surface area contributed by atoms with E-state index in [1.54, 1.807) is 19.2 Å². The molecule has 1 atom stereocenters. The van der Waals surface area contributed by atoms with Gasteiger partial charge in [-0.05, 0) is 54.7 Å². The molecule has 2 heterocycles. The molecule has 0 saturated heterocycles. The summed E-state index contributed by atoms with van der Waals surface area (Å²) in [6.45, 7) is 1.54. The molecule has 3 rings (SSSR count). The van der Waals surface area contributed by atoms with Crippen LogP contribution < -0.4 is 11.0 Å². The van der Waals surface area contributed by atoms with E-state index in [2.05, 4.69) is 0 Å². The highest BCUT2D eigenvalue weighted by molar-refractivity contribution is 7.92. The lowest BCUT2D eigenvalue weighted by atomic mass is 10.0. The summed E-state index contributed by atoms with van der Waals surface area (Å²) in [5, 5.41) is 18.1. The molecule has 0 amide bonds. The van der Waals surface area contributed by atoms with E-state index in [9.17, 15) is 13.2 Å². The molecule has 3 aromatic rings. The van der Waals surface area contributed by atoms with E-state index >= 15 is 0 Å². The van der Waals surface area contributed by atoms with E-state index in [1.165, 1.54) is 10.6 Å². The normalized spacial score (nSPS) is 13.7. The van der Waals surface area contributed by atoms with Gasteiger partial charge >= 0.3 is 0 Å². The number of hydrogen-bond donors (Lipinski definition) is 3. The fourth-order valence-corrected chi connectivity index (χ4v) is 4.36. The maximum absolute atomic E-state index is 12.6. The van der Waals surface area contributed by atoms with Crippen LogP contribution in [0.5, 0.6) is 0 Å². The molecule has 0 fully saturated rings. The number of nitrogens with zero attached hydrogens (tertiary/aromatic N) is 1. The number of furan rings is 1. The number of sulfone groups is 1. The monoisotopic (exact) mass is 474 g/mol. The Hall–Kier alpha value is -2.72. The minimum atomic E-state index is -3.44. The van der Waals surface area contributed by atoms with Gasteiger partial charge in [-0.25, -0.2) is 13.9 Å². The first-order valence-corrected chi connectivity index (χ1v) is 12.6. The smallest absolute Gasteiger partial charge is 0.251 e. The zero-order chi connectivity index (χ0) is 24.1. The Morgan fingerprint density at radius 1 is 1.03 bits per heavy atom. The lowest BCUT2D eigenvalue weighted by Crippen LogP contribution is -2.44. The van der Waals surface area contributed by atoms with E-state index in [4.69, 9.17) is 14.7 Å². The molecule has 0 bridgehead atoms. The molecule has 0 saturated carbocycles. The second-order valence-electron chi connectivity index (χ2n) is 8.48. The highest BCUT2D eigenvalue weighted by atomic mass is 32.2. The maximum Gasteiger partial charge on any atom is 0.251 e. The summed E-state index contributed by atoms with van der Waals surface area (Å²) in [5.74, 6) is 1.38. The predicted octanol–water partition coefficient (Wildman–Crippen LogP) is 2.56. The average molecular weight is 475 g/mol. The van der Waals surface area contributed by atoms with Crippen molar-refractivity contribution >= 4 is 9.84 Å². The summed E-state index contributed by atoms with van der Waals surface area (Å²) in [4.78, 5) is 12.6. The Morgan fingerprint density at radius 3 is 2.30 bits per heavy atom. The van der Waals surface area contributed by atoms with Crippen LogP contribution in [0.25, 0.3) is 11.1 Å². The third-order valence-electron chi connectivity index (χ3n) is 6.05. The molecule has 0 radical (unpaired) electrons. The number of rotatable bonds is 11. The number of aryl methyl sites for hydroxylation is 3. The molecular weight excluding hydrogens is 444 g/mol. The lowest BCUT2D eigenvalue weighted by molar-refractivity contribution is 0.153. The Labute approximate surface area is 193 Å². The van der Waals surface area contributed by atoms with Crippen LogP contribution in [0.3, 0.4) is 0 Å². The van der Waals surface area contributed by atoms with Crippen LogP contribution in [-0.4, -0.2) is 40.8 Å². The largest absolute Gasteiger partial charge is 0.464 e. The molecule has 0 spiro atoms. The summed E-state index contributed by atoms with van der Waals surface area (Å²) in [5.41, 5.74) is 4.54. The average Bonchev–Trinajstić information content (AvgIpc) is 3.25. The first-order chi connectivity index (χ1) is 15.6. The molecule has 9 heteroatoms. The third-order valence-corrected chi connectivity index (χ3v) is 8.19. The minimum absolute atomic E-state index is 0.107. The number of nitrogens with one attached hydrogen (secondary N) is 1. The second kappa shape index (κ2) is 10.5. The molecule has 0 aliphatic heterocycles. The molecule has 1 aromatic carbocycles. The van der Waals surface area contributed by atoms with Crippen LogP contribution in [-0.2, 0) is 35.8 Å². The van der Waals surface area contributed by atoms with Crippen molar-refractivity contribution in [1.29, 1.82) is 0 Å². The molecule has 8 nitrogen and oxygen atoms in total. The summed E-state index contributed by atoms with van der Waals surface area (Å²) >= 11 is 0. The quantitative estimate of drug-likeness (QED) is 0.365. The van der Waals surface area contributed by atoms with Gasteiger partial charge in [-0.2, -0.15) is 0 Å². The van der Waals surface area contributed by atoms with Crippen LogP contribution in [0.2, 0.25) is 0 Å². The topological polar surface area (TPSA) is 122 Å². The van der Waals surface area contributed by atoms with Gasteiger partial charge < -0.3 is 19.3 Å². The van der Waals surface area contributed by atoms with Crippen LogP contribution in [0.4, 0.5) is 0 Å². The van der Waals surface area contributed by atoms with Crippen molar-refractivity contribution in [3.8, 4) is 11.1 Å². The molecule has 0 aliphatic rings. The van der Waals surface area contributed by atoms with Gasteiger partial charge in [0.25, 0.3) is 5.56 Å². The Kier molecular flexibility index (Phi) is 7.91. The highest BCUT2D eigenvalue weighted by Gasteiger charge is 2.35. The molecule has 178 valence electrons. The first-order valence-electron chi connectivity index (χ1n) is 10.7. The van der Waals surface area contributed by atoms with Gasteiger partial charge in [0.05, 0.1) is 4.75 Å². The van der Waals surface area contributed by atoms with E-state index in [1.807, 2.05) is 41.9 Å². The van der Waals surface area contributed by atoms with Crippen molar-refractivity contribution in [1.82, 2.24) is 10.0 Å². The summed E-state index contributed by atoms with van der Waals surface area (Å²) in [7, 11) is -3.44. The number of aliphatic hydroxyl groups is 1. The lowest BCUT2D eigenvalue weighted by Gasteiger charge is -2.27. The number of benzene rings is 1. The molecule has 0 aliphatic carbocycles. The van der Waals surface area contributed by atoms with Gasteiger partial charge in [-0.15, -0.1) is 0 Å². The Bertz CT molecular complexity index is 1230. The zero-order valence-electron chi connectivity index (χ0n) is 18.8. The first kappa shape index (κ1) is 24.9. The molecule has 33 heavy (non-hydrogen) atoms. The van der Waals surface area contributed by atoms with Gasteiger partial charge in [0, 0.05) is 38.0 Å². The third kappa shape index (κ3) is 6.20. The summed E-state index contributed by atoms with van der Waals surface area (Å²) in [6, 6.07) is 15.0. The van der Waals surface area contributed by atoms with Crippen LogP contribution in [0.1, 0.15) is 30.4 Å². The predicted molar refractivity (Wildman–Crippen MR) is 126 cm³/mol. The highest BCUT2D eigenvalue weighted by Crippen LogP contribution is 2.22. The number of pyridine rings is 1. The maximum atomic E-state index is 12.6. The van der Waals surface area contributed by atoms with E-state index in [0.29, 0.717) is 5.76 Å². The van der Waals surface area contributed by atoms with Gasteiger partial charge in [0.1, 0.15) is 18.1 Å². The zero-order valence-corrected chi connectivity index (χ0v) is 19.6. The van der Waals surface area contributed by atoms with Crippen LogP contribution in [0.15, 0.2) is 63.9 Å². The van der Waals surface area contributed by atoms with E-state index in [0.717, 1.165) is 41.5 Å². The fraction of sp³-hybridized carbons (Fsp3) is 0.375. The summed E-state index contributed by atoms with van der Waals surface area (Å²) in [6.07, 6.45) is 4.50. The van der Waals surface area contributed by atoms with Gasteiger partial charge in [0.2, 0.25) is 0 Å². The molecular formula is C24H30N2O6S. The van der Waals surface area contributed by atoms with Crippen molar-refractivity contribution in [2.45, 2.75) is 44.1 Å². The second-order valence-corrected chi connectivity index (χ2v) is 11.0. The van der Waals surface area contributed by atoms with Crippen LogP contribution in [0, 0.1) is 0 Å². The van der Waals surface area contributed by atoms with Crippen molar-refractivity contribution < 1.29 is 23.1 Å².